The predicted molar refractivity (Wildman–Crippen MR) is 114 cm³/mol. The zero-order valence-corrected chi connectivity index (χ0v) is 17.2. The lowest BCUT2D eigenvalue weighted by Crippen LogP contribution is -2.38. The molecule has 0 radical (unpaired) electrons. The molecule has 7 heteroatoms. The Morgan fingerprint density at radius 2 is 1.70 bits per heavy atom. The molecule has 2 N–H and O–H groups in total. The third-order valence-electron chi connectivity index (χ3n) is 5.73. The average Bonchev–Trinajstić information content (AvgIpc) is 3.11. The van der Waals surface area contributed by atoms with Crippen molar-refractivity contribution in [3.05, 3.63) is 71.3 Å². The molecule has 0 unspecified atom stereocenters. The summed E-state index contributed by atoms with van der Waals surface area (Å²) in [6.07, 6.45) is 5.44. The lowest BCUT2D eigenvalue weighted by molar-refractivity contribution is 0.0711. The molecule has 1 fully saturated rings. The summed E-state index contributed by atoms with van der Waals surface area (Å²) in [5, 5.41) is 4.27. The molecule has 30 heavy (non-hydrogen) atoms. The van der Waals surface area contributed by atoms with Gasteiger partial charge < -0.3 is 10.6 Å². The number of amides is 2. The number of hydrogen-bond acceptors (Lipinski definition) is 4. The van der Waals surface area contributed by atoms with Crippen molar-refractivity contribution < 1.29 is 9.59 Å². The topological polar surface area (TPSA) is 94.1 Å². The van der Waals surface area contributed by atoms with E-state index in [0.717, 1.165) is 48.4 Å². The first-order chi connectivity index (χ1) is 14.4. The van der Waals surface area contributed by atoms with Gasteiger partial charge in [-0.25, -0.2) is 0 Å². The van der Waals surface area contributed by atoms with Gasteiger partial charge in [-0.3, -0.25) is 19.3 Å². The highest BCUT2D eigenvalue weighted by atomic mass is 16.2. The van der Waals surface area contributed by atoms with Crippen molar-refractivity contribution in [3.63, 3.8) is 0 Å². The molecular formula is C23H25N5O2. The Balaban J connectivity index is 1.39. The summed E-state index contributed by atoms with van der Waals surface area (Å²) < 4.78 is 1.68. The molecule has 1 saturated heterocycles. The van der Waals surface area contributed by atoms with E-state index < -0.39 is 5.91 Å². The number of benzene rings is 1. The second-order valence-electron chi connectivity index (χ2n) is 7.78. The van der Waals surface area contributed by atoms with E-state index in [1.807, 2.05) is 37.2 Å². The van der Waals surface area contributed by atoms with Crippen molar-refractivity contribution >= 4 is 11.8 Å². The van der Waals surface area contributed by atoms with Crippen LogP contribution in [0.3, 0.4) is 0 Å². The summed E-state index contributed by atoms with van der Waals surface area (Å²) in [6, 6.07) is 11.3. The number of likely N-dealkylation sites (tertiary alicyclic amines) is 1. The molecule has 2 amide bonds. The van der Waals surface area contributed by atoms with Gasteiger partial charge in [0.15, 0.2) is 0 Å². The number of hydrogen-bond donors (Lipinski definition) is 1. The van der Waals surface area contributed by atoms with Gasteiger partial charge in [0, 0.05) is 55.3 Å². The zero-order chi connectivity index (χ0) is 21.3. The molecule has 7 nitrogen and oxygen atoms in total. The molecule has 0 aliphatic carbocycles. The van der Waals surface area contributed by atoms with Crippen LogP contribution in [0.5, 0.6) is 0 Å². The second kappa shape index (κ2) is 8.10. The lowest BCUT2D eigenvalue weighted by atomic mass is 9.92. The minimum absolute atomic E-state index is 0.0572. The Labute approximate surface area is 175 Å². The Kier molecular flexibility index (Phi) is 5.35. The summed E-state index contributed by atoms with van der Waals surface area (Å²) in [6.45, 7) is 3.30. The number of rotatable bonds is 4. The van der Waals surface area contributed by atoms with Gasteiger partial charge in [0.2, 0.25) is 5.91 Å². The number of carbonyl (C=O) groups excluding carboxylic acids is 2. The highest BCUT2D eigenvalue weighted by Crippen LogP contribution is 2.29. The molecule has 0 saturated carbocycles. The molecule has 0 bridgehead atoms. The van der Waals surface area contributed by atoms with Crippen LogP contribution >= 0.6 is 0 Å². The van der Waals surface area contributed by atoms with E-state index in [1.54, 1.807) is 23.0 Å². The molecular weight excluding hydrogens is 378 g/mol. The monoisotopic (exact) mass is 403 g/mol. The summed E-state index contributed by atoms with van der Waals surface area (Å²) in [4.78, 5) is 30.6. The van der Waals surface area contributed by atoms with Gasteiger partial charge in [0.25, 0.3) is 5.91 Å². The summed E-state index contributed by atoms with van der Waals surface area (Å²) in [7, 11) is 1.83. The number of primary amides is 1. The number of aromatic nitrogens is 3. The molecule has 0 spiro atoms. The number of pyridine rings is 1. The highest BCUT2D eigenvalue weighted by Gasteiger charge is 2.26. The highest BCUT2D eigenvalue weighted by molar-refractivity contribution is 5.95. The summed E-state index contributed by atoms with van der Waals surface area (Å²) >= 11 is 0. The van der Waals surface area contributed by atoms with E-state index in [9.17, 15) is 9.59 Å². The van der Waals surface area contributed by atoms with Crippen LogP contribution in [0.25, 0.3) is 11.1 Å². The van der Waals surface area contributed by atoms with Crippen molar-refractivity contribution in [2.45, 2.75) is 25.7 Å². The van der Waals surface area contributed by atoms with Crippen molar-refractivity contribution in [2.75, 3.05) is 13.1 Å². The third-order valence-corrected chi connectivity index (χ3v) is 5.73. The van der Waals surface area contributed by atoms with E-state index in [4.69, 9.17) is 5.73 Å². The van der Waals surface area contributed by atoms with Crippen molar-refractivity contribution in [1.29, 1.82) is 0 Å². The standard InChI is InChI=1S/C23H25N5O2/c1-15-20(14-27(2)26-15)23(30)28-11-9-17(10-12-28)21-8-7-19(13-25-21)16-3-5-18(6-4-16)22(24)29/h3-8,13-14,17H,9-12H2,1-2H3,(H2,24,29). The molecule has 1 aliphatic heterocycles. The average molecular weight is 403 g/mol. The SMILES string of the molecule is Cc1nn(C)cc1C(=O)N1CCC(c2ccc(-c3ccc(C(N)=O)cc3)cn2)CC1. The fraction of sp³-hybridized carbons (Fsp3) is 0.304. The molecule has 0 atom stereocenters. The summed E-state index contributed by atoms with van der Waals surface area (Å²) in [5.74, 6) is -0.0318. The van der Waals surface area contributed by atoms with E-state index in [1.165, 1.54) is 0 Å². The number of aryl methyl sites for hydroxylation is 2. The molecule has 1 aliphatic rings. The summed E-state index contributed by atoms with van der Waals surface area (Å²) in [5.41, 5.74) is 10.3. The van der Waals surface area contributed by atoms with E-state index in [0.29, 0.717) is 17.0 Å². The number of nitrogens with zero attached hydrogens (tertiary/aromatic N) is 4. The van der Waals surface area contributed by atoms with Gasteiger partial charge in [-0.1, -0.05) is 18.2 Å². The number of piperidine rings is 1. The van der Waals surface area contributed by atoms with Gasteiger partial charge in [-0.2, -0.15) is 5.10 Å². The molecule has 1 aromatic carbocycles. The maximum absolute atomic E-state index is 12.8. The first-order valence-corrected chi connectivity index (χ1v) is 10.1. The molecule has 4 rings (SSSR count). The van der Waals surface area contributed by atoms with Gasteiger partial charge in [-0.15, -0.1) is 0 Å². The van der Waals surface area contributed by atoms with Crippen LogP contribution in [0.1, 0.15) is 50.9 Å². The zero-order valence-electron chi connectivity index (χ0n) is 17.2. The van der Waals surface area contributed by atoms with Crippen LogP contribution in [-0.2, 0) is 7.05 Å². The molecule has 2 aromatic heterocycles. The Morgan fingerprint density at radius 3 is 2.23 bits per heavy atom. The van der Waals surface area contributed by atoms with Crippen LogP contribution < -0.4 is 5.73 Å². The predicted octanol–water partition coefficient (Wildman–Crippen LogP) is 2.91. The van der Waals surface area contributed by atoms with E-state index in [-0.39, 0.29) is 5.91 Å². The van der Waals surface area contributed by atoms with Crippen molar-refractivity contribution in [1.82, 2.24) is 19.7 Å². The smallest absolute Gasteiger partial charge is 0.257 e. The normalized spacial score (nSPS) is 14.7. The van der Waals surface area contributed by atoms with Gasteiger partial charge in [0.1, 0.15) is 0 Å². The maximum atomic E-state index is 12.8. The molecule has 3 heterocycles. The van der Waals surface area contributed by atoms with E-state index in [2.05, 4.69) is 22.2 Å². The van der Waals surface area contributed by atoms with Crippen molar-refractivity contribution in [2.24, 2.45) is 12.8 Å². The second-order valence-corrected chi connectivity index (χ2v) is 7.78. The van der Waals surface area contributed by atoms with Gasteiger partial charge in [-0.05, 0) is 43.5 Å². The van der Waals surface area contributed by atoms with Gasteiger partial charge >= 0.3 is 0 Å². The van der Waals surface area contributed by atoms with Crippen LogP contribution in [-0.4, -0.2) is 44.6 Å². The van der Waals surface area contributed by atoms with Crippen LogP contribution in [0.4, 0.5) is 0 Å². The van der Waals surface area contributed by atoms with Crippen LogP contribution in [0.15, 0.2) is 48.8 Å². The largest absolute Gasteiger partial charge is 0.366 e. The minimum atomic E-state index is -0.432. The number of nitrogens with two attached hydrogens (primary N) is 1. The van der Waals surface area contributed by atoms with E-state index >= 15 is 0 Å². The Bertz CT molecular complexity index is 1060. The molecule has 154 valence electrons. The van der Waals surface area contributed by atoms with Crippen LogP contribution in [0.2, 0.25) is 0 Å². The first kappa shape index (κ1) is 19.8. The van der Waals surface area contributed by atoms with Crippen LogP contribution in [0, 0.1) is 6.92 Å². The quantitative estimate of drug-likeness (QED) is 0.725. The van der Waals surface area contributed by atoms with Gasteiger partial charge in [0.05, 0.1) is 11.3 Å². The molecule has 3 aromatic rings. The first-order valence-electron chi connectivity index (χ1n) is 10.1. The maximum Gasteiger partial charge on any atom is 0.257 e. The Morgan fingerprint density at radius 1 is 1.03 bits per heavy atom. The Hall–Kier alpha value is -3.48. The fourth-order valence-corrected chi connectivity index (χ4v) is 4.00. The minimum Gasteiger partial charge on any atom is -0.366 e. The third kappa shape index (κ3) is 3.96. The van der Waals surface area contributed by atoms with Crippen molar-refractivity contribution in [3.8, 4) is 11.1 Å². The fourth-order valence-electron chi connectivity index (χ4n) is 4.00. The lowest BCUT2D eigenvalue weighted by Gasteiger charge is -2.31. The number of carbonyl (C=O) groups is 2.